The van der Waals surface area contributed by atoms with Gasteiger partial charge in [0, 0.05) is 27.6 Å². The van der Waals surface area contributed by atoms with E-state index in [1.807, 2.05) is 31.2 Å². The zero-order chi connectivity index (χ0) is 22.9. The second kappa shape index (κ2) is 8.92. The number of furan rings is 1. The normalized spacial score (nSPS) is 14.3. The third kappa shape index (κ3) is 4.34. The van der Waals surface area contributed by atoms with Crippen molar-refractivity contribution in [1.82, 2.24) is 10.4 Å². The average molecular weight is 523 g/mol. The molecule has 0 unspecified atom stereocenters. The van der Waals surface area contributed by atoms with Crippen molar-refractivity contribution in [2.75, 3.05) is 5.32 Å². The molecule has 2 heterocycles. The van der Waals surface area contributed by atoms with Gasteiger partial charge in [-0.25, -0.2) is 10.4 Å². The van der Waals surface area contributed by atoms with Crippen LogP contribution in [0.3, 0.4) is 0 Å². The summed E-state index contributed by atoms with van der Waals surface area (Å²) >= 11 is 4.77. The molecule has 0 radical (unpaired) electrons. The lowest BCUT2D eigenvalue weighted by atomic mass is 9.93. The maximum Gasteiger partial charge on any atom is 0.293 e. The Hall–Kier alpha value is -3.30. The van der Waals surface area contributed by atoms with Gasteiger partial charge in [0.15, 0.2) is 10.9 Å². The van der Waals surface area contributed by atoms with Gasteiger partial charge >= 0.3 is 0 Å². The number of hydrazone groups is 1. The Morgan fingerprint density at radius 1 is 1.09 bits per heavy atom. The Morgan fingerprint density at radius 2 is 1.88 bits per heavy atom. The zero-order valence-electron chi connectivity index (χ0n) is 17.6. The molecule has 0 saturated heterocycles. The largest absolute Gasteiger partial charge is 0.455 e. The number of halogens is 1. The highest BCUT2D eigenvalue weighted by molar-refractivity contribution is 9.10. The van der Waals surface area contributed by atoms with Gasteiger partial charge in [0.05, 0.1) is 15.9 Å². The van der Waals surface area contributed by atoms with Crippen LogP contribution in [0.2, 0.25) is 0 Å². The van der Waals surface area contributed by atoms with Crippen molar-refractivity contribution in [2.24, 2.45) is 5.10 Å². The highest BCUT2D eigenvalue weighted by Crippen LogP contribution is 2.31. The van der Waals surface area contributed by atoms with Gasteiger partial charge in [-0.2, -0.15) is 5.10 Å². The first-order chi connectivity index (χ1) is 16.0. The number of hydrogen-bond acceptors (Lipinski definition) is 6. The minimum absolute atomic E-state index is 0.244. The fraction of sp³-hybridized carbons (Fsp3) is 0.167. The van der Waals surface area contributed by atoms with Gasteiger partial charge in [0.2, 0.25) is 0 Å². The summed E-state index contributed by atoms with van der Waals surface area (Å²) < 4.78 is 7.84. The summed E-state index contributed by atoms with van der Waals surface area (Å²) in [5.41, 5.74) is 6.20. The molecule has 0 atom stereocenters. The van der Waals surface area contributed by atoms with Gasteiger partial charge in [-0.15, -0.1) is 0 Å². The van der Waals surface area contributed by atoms with Crippen LogP contribution in [0.1, 0.15) is 50.6 Å². The zero-order valence-corrected chi connectivity index (χ0v) is 20.0. The maximum absolute atomic E-state index is 13.0. The highest BCUT2D eigenvalue weighted by Gasteiger charge is 2.28. The smallest absolute Gasteiger partial charge is 0.293 e. The first-order valence-electron chi connectivity index (χ1n) is 10.4. The Bertz CT molecular complexity index is 1370. The van der Waals surface area contributed by atoms with E-state index in [0.717, 1.165) is 26.7 Å². The molecular formula is C24H19BrN4O3S. The molecular weight excluding hydrogens is 504 g/mol. The predicted molar refractivity (Wildman–Crippen MR) is 132 cm³/mol. The van der Waals surface area contributed by atoms with Crippen molar-refractivity contribution in [1.29, 1.82) is 0 Å². The number of nitrogens with one attached hydrogen (secondary N) is 2. The summed E-state index contributed by atoms with van der Waals surface area (Å²) in [6.07, 6.45) is 2.23. The molecule has 2 aromatic heterocycles. The van der Waals surface area contributed by atoms with Gasteiger partial charge in [0.25, 0.3) is 11.8 Å². The Balaban J connectivity index is 1.37. The van der Waals surface area contributed by atoms with Gasteiger partial charge in [-0.3, -0.25) is 14.9 Å². The average Bonchev–Trinajstić information content (AvgIpc) is 3.38. The lowest BCUT2D eigenvalue weighted by Gasteiger charge is -2.13. The van der Waals surface area contributed by atoms with E-state index in [0.29, 0.717) is 40.6 Å². The lowest BCUT2D eigenvalue weighted by Crippen LogP contribution is -2.22. The number of carbonyl (C=O) groups excluding carboxylic acids is 2. The molecule has 0 fully saturated rings. The summed E-state index contributed by atoms with van der Waals surface area (Å²) in [7, 11) is 0. The molecule has 2 N–H and O–H groups in total. The lowest BCUT2D eigenvalue weighted by molar-refractivity contribution is 0.0953. The van der Waals surface area contributed by atoms with Crippen molar-refractivity contribution < 1.29 is 14.0 Å². The molecule has 4 aromatic rings. The van der Waals surface area contributed by atoms with E-state index < -0.39 is 0 Å². The van der Waals surface area contributed by atoms with E-state index in [4.69, 9.17) is 4.42 Å². The summed E-state index contributed by atoms with van der Waals surface area (Å²) in [5.74, 6) is 0.314. The van der Waals surface area contributed by atoms with E-state index in [1.54, 1.807) is 24.3 Å². The van der Waals surface area contributed by atoms with Crippen LogP contribution < -0.4 is 10.7 Å². The van der Waals surface area contributed by atoms with Crippen LogP contribution in [0.25, 0.3) is 10.2 Å². The van der Waals surface area contributed by atoms with Crippen LogP contribution >= 0.6 is 27.3 Å². The van der Waals surface area contributed by atoms with Crippen molar-refractivity contribution in [3.05, 3.63) is 81.2 Å². The van der Waals surface area contributed by atoms with Crippen LogP contribution in [0.15, 0.2) is 62.5 Å². The Labute approximate surface area is 202 Å². The number of anilines is 1. The number of rotatable bonds is 4. The van der Waals surface area contributed by atoms with E-state index in [1.165, 1.54) is 11.3 Å². The molecule has 7 nitrogen and oxygen atoms in total. The van der Waals surface area contributed by atoms with Crippen LogP contribution in [0.5, 0.6) is 0 Å². The number of amides is 2. The molecule has 2 amide bonds. The molecule has 5 rings (SSSR count). The number of benzene rings is 2. The van der Waals surface area contributed by atoms with Crippen molar-refractivity contribution >= 4 is 60.1 Å². The predicted octanol–water partition coefficient (Wildman–Crippen LogP) is 5.68. The van der Waals surface area contributed by atoms with Gasteiger partial charge in [-0.1, -0.05) is 39.4 Å². The topological polar surface area (TPSA) is 96.6 Å². The number of aromatic nitrogens is 1. The Morgan fingerprint density at radius 3 is 2.67 bits per heavy atom. The van der Waals surface area contributed by atoms with Gasteiger partial charge < -0.3 is 4.42 Å². The van der Waals surface area contributed by atoms with Crippen molar-refractivity contribution in [2.45, 2.75) is 26.2 Å². The second-order valence-electron chi connectivity index (χ2n) is 7.66. The van der Waals surface area contributed by atoms with Crippen LogP contribution in [-0.2, 0) is 6.42 Å². The van der Waals surface area contributed by atoms with Crippen molar-refractivity contribution in [3.63, 3.8) is 0 Å². The molecule has 166 valence electrons. The first-order valence-corrected chi connectivity index (χ1v) is 12.0. The first kappa shape index (κ1) is 21.5. The van der Waals surface area contributed by atoms with Crippen molar-refractivity contribution in [3.8, 4) is 0 Å². The molecule has 2 aromatic carbocycles. The quantitative estimate of drug-likeness (QED) is 0.336. The van der Waals surface area contributed by atoms with E-state index in [9.17, 15) is 9.59 Å². The maximum atomic E-state index is 13.0. The number of thiazole rings is 1. The molecule has 1 aliphatic carbocycles. The molecule has 33 heavy (non-hydrogen) atoms. The summed E-state index contributed by atoms with van der Waals surface area (Å²) in [5, 5.41) is 7.74. The molecule has 0 spiro atoms. The number of nitrogens with zero attached hydrogens (tertiary/aromatic N) is 2. The van der Waals surface area contributed by atoms with Gasteiger partial charge in [0.1, 0.15) is 5.76 Å². The van der Waals surface area contributed by atoms with E-state index >= 15 is 0 Å². The number of carbonyl (C=O) groups is 2. The molecule has 0 aliphatic heterocycles. The highest BCUT2D eigenvalue weighted by atomic mass is 79.9. The fourth-order valence-corrected chi connectivity index (χ4v) is 4.99. The minimum atomic E-state index is -0.348. The number of hydrogen-bond donors (Lipinski definition) is 2. The summed E-state index contributed by atoms with van der Waals surface area (Å²) in [4.78, 5) is 29.9. The standard InChI is InChI=1S/C24H19BrN4O3S/c1-13-20-17(28-29-22(30)14-9-11-15(25)12-10-14)6-4-7-18(20)32-21(13)23(31)27-24-26-16-5-2-3-8-19(16)33-24/h2-3,5,8-12H,4,6-7H2,1H3,(H,29,30)(H,26,27,31)/b28-17+. The van der Waals surface area contributed by atoms with Crippen LogP contribution in [0.4, 0.5) is 5.13 Å². The monoisotopic (exact) mass is 522 g/mol. The number of fused-ring (bicyclic) bond motifs is 2. The van der Waals surface area contributed by atoms with E-state index in [2.05, 4.69) is 36.8 Å². The number of aryl methyl sites for hydroxylation is 1. The summed E-state index contributed by atoms with van der Waals surface area (Å²) in [6.45, 7) is 1.84. The Kier molecular flexibility index (Phi) is 5.82. The molecule has 0 saturated carbocycles. The summed E-state index contributed by atoms with van der Waals surface area (Å²) in [6, 6.07) is 14.8. The van der Waals surface area contributed by atoms with E-state index in [-0.39, 0.29) is 17.6 Å². The third-order valence-electron chi connectivity index (χ3n) is 5.45. The number of para-hydroxylation sites is 1. The van der Waals surface area contributed by atoms with Crippen LogP contribution in [-0.4, -0.2) is 22.5 Å². The SMILES string of the molecule is Cc1c(C(=O)Nc2nc3ccccc3s2)oc2c1/C(=N/NC(=O)c1ccc(Br)cc1)CCC2. The molecule has 0 bridgehead atoms. The van der Waals surface area contributed by atoms with Crippen LogP contribution in [0, 0.1) is 6.92 Å². The second-order valence-corrected chi connectivity index (χ2v) is 9.60. The molecule has 1 aliphatic rings. The molecule has 9 heteroatoms. The third-order valence-corrected chi connectivity index (χ3v) is 6.93. The minimum Gasteiger partial charge on any atom is -0.455 e. The van der Waals surface area contributed by atoms with Gasteiger partial charge in [-0.05, 0) is 56.2 Å². The fourth-order valence-electron chi connectivity index (χ4n) is 3.86.